The van der Waals surface area contributed by atoms with Crippen molar-refractivity contribution in [2.75, 3.05) is 0 Å². The molecule has 0 fully saturated rings. The lowest BCUT2D eigenvalue weighted by atomic mass is 9.60. The van der Waals surface area contributed by atoms with Gasteiger partial charge < -0.3 is 14.6 Å². The van der Waals surface area contributed by atoms with Gasteiger partial charge in [-0.25, -0.2) is 0 Å². The van der Waals surface area contributed by atoms with E-state index in [1.165, 1.54) is 6.26 Å². The Morgan fingerprint density at radius 1 is 1.12 bits per heavy atom. The molecule has 1 heterocycles. The van der Waals surface area contributed by atoms with Crippen molar-refractivity contribution in [3.8, 4) is 0 Å². The van der Waals surface area contributed by atoms with E-state index in [9.17, 15) is 24.6 Å². The molecule has 0 aliphatic heterocycles. The van der Waals surface area contributed by atoms with Gasteiger partial charge in [-0.15, -0.1) is 0 Å². The van der Waals surface area contributed by atoms with Gasteiger partial charge in [0.2, 0.25) is 5.78 Å². The number of fused-ring (bicyclic) bond motifs is 4. The molecule has 126 valence electrons. The van der Waals surface area contributed by atoms with Crippen LogP contribution < -0.4 is 0 Å². The minimum Gasteiger partial charge on any atom is -0.460 e. The molecular weight excluding hydrogens is 324 g/mol. The smallest absolute Gasteiger partial charge is 0.229 e. The molecule has 3 unspecified atom stereocenters. The van der Waals surface area contributed by atoms with E-state index in [1.54, 1.807) is 19.1 Å². The first kappa shape index (κ1) is 14.7. The van der Waals surface area contributed by atoms with E-state index in [1.807, 2.05) is 0 Å². The summed E-state index contributed by atoms with van der Waals surface area (Å²) >= 11 is 0. The number of hydrogen-bond acceptors (Lipinski definition) is 6. The third-order valence-corrected chi connectivity index (χ3v) is 5.94. The van der Waals surface area contributed by atoms with Crippen LogP contribution in [0, 0.1) is 0 Å². The van der Waals surface area contributed by atoms with Gasteiger partial charge in [-0.1, -0.05) is 12.1 Å². The minimum absolute atomic E-state index is 0.0112. The molecule has 2 N–H and O–H groups in total. The Morgan fingerprint density at radius 3 is 2.64 bits per heavy atom. The average Bonchev–Trinajstić information content (AvgIpc) is 3.21. The van der Waals surface area contributed by atoms with Crippen LogP contribution in [0.2, 0.25) is 0 Å². The predicted octanol–water partition coefficient (Wildman–Crippen LogP) is 1.18. The fourth-order valence-corrected chi connectivity index (χ4v) is 4.63. The average molecular weight is 338 g/mol. The molecule has 0 saturated carbocycles. The van der Waals surface area contributed by atoms with Gasteiger partial charge in [0.25, 0.3) is 0 Å². The Labute approximate surface area is 142 Å². The van der Waals surface area contributed by atoms with E-state index >= 15 is 0 Å². The summed E-state index contributed by atoms with van der Waals surface area (Å²) < 4.78 is 5.40. The van der Waals surface area contributed by atoms with Crippen LogP contribution in [0.1, 0.15) is 66.9 Å². The number of furan rings is 1. The molecule has 0 bridgehead atoms. The van der Waals surface area contributed by atoms with Crippen molar-refractivity contribution in [1.29, 1.82) is 0 Å². The molecule has 1 aromatic heterocycles. The number of ketones is 3. The van der Waals surface area contributed by atoms with Crippen LogP contribution in [-0.4, -0.2) is 39.8 Å². The van der Waals surface area contributed by atoms with E-state index < -0.39 is 23.4 Å². The highest BCUT2D eigenvalue weighted by atomic mass is 16.3. The Hall–Kier alpha value is -2.57. The first-order valence-corrected chi connectivity index (χ1v) is 8.14. The van der Waals surface area contributed by atoms with Gasteiger partial charge in [-0.2, -0.15) is 0 Å². The van der Waals surface area contributed by atoms with Gasteiger partial charge in [0.1, 0.15) is 18.5 Å². The van der Waals surface area contributed by atoms with Crippen molar-refractivity contribution >= 4 is 17.3 Å². The number of carbonyl (C=O) groups is 3. The van der Waals surface area contributed by atoms with Crippen molar-refractivity contribution in [2.45, 2.75) is 37.4 Å². The fourth-order valence-electron chi connectivity index (χ4n) is 4.63. The van der Waals surface area contributed by atoms with Gasteiger partial charge in [0.15, 0.2) is 17.3 Å². The van der Waals surface area contributed by atoms with E-state index in [0.717, 1.165) is 0 Å². The molecule has 6 nitrogen and oxygen atoms in total. The number of hydrogen-bond donors (Lipinski definition) is 2. The SMILES string of the molecule is CC12c3ccc4c(c3C(=O)c3occ(c31)C(=O)C(O)C2O)CCC4=O. The topological polar surface area (TPSA) is 105 Å². The van der Waals surface area contributed by atoms with Gasteiger partial charge in [0, 0.05) is 23.1 Å². The van der Waals surface area contributed by atoms with Gasteiger partial charge in [-0.3, -0.25) is 14.4 Å². The zero-order chi connectivity index (χ0) is 17.7. The lowest BCUT2D eigenvalue weighted by Crippen LogP contribution is -2.55. The largest absolute Gasteiger partial charge is 0.460 e. The van der Waals surface area contributed by atoms with E-state index in [-0.39, 0.29) is 22.9 Å². The number of carbonyl (C=O) groups excluding carboxylic acids is 3. The van der Waals surface area contributed by atoms with Crippen molar-refractivity contribution < 1.29 is 29.0 Å². The second-order valence-electron chi connectivity index (χ2n) is 7.08. The molecule has 3 atom stereocenters. The highest BCUT2D eigenvalue weighted by Crippen LogP contribution is 2.51. The number of aliphatic hydroxyl groups excluding tert-OH is 2. The molecule has 1 aromatic carbocycles. The molecule has 25 heavy (non-hydrogen) atoms. The molecule has 0 saturated heterocycles. The maximum atomic E-state index is 13.0. The molecule has 6 heteroatoms. The molecule has 3 aliphatic carbocycles. The second kappa shape index (κ2) is 4.33. The number of aliphatic hydroxyl groups is 2. The summed E-state index contributed by atoms with van der Waals surface area (Å²) in [7, 11) is 0. The molecule has 2 aromatic rings. The standard InChI is InChI=1S/C19H14O6/c1-19-10-4-2-7-8(3-5-11(7)20)12(10)15(22)17-13(19)9(6-25-17)14(21)16(23)18(19)24/h2,4,6,16,18,23-24H,3,5H2,1H3. The van der Waals surface area contributed by atoms with Crippen molar-refractivity contribution in [2.24, 2.45) is 0 Å². The zero-order valence-electron chi connectivity index (χ0n) is 13.3. The van der Waals surface area contributed by atoms with Crippen LogP contribution in [0.5, 0.6) is 0 Å². The quantitative estimate of drug-likeness (QED) is 0.747. The molecule has 0 radical (unpaired) electrons. The third-order valence-electron chi connectivity index (χ3n) is 5.94. The lowest BCUT2D eigenvalue weighted by Gasteiger charge is -2.44. The first-order valence-electron chi connectivity index (χ1n) is 8.14. The van der Waals surface area contributed by atoms with Gasteiger partial charge in [-0.05, 0) is 24.5 Å². The van der Waals surface area contributed by atoms with Crippen LogP contribution in [0.3, 0.4) is 0 Å². The maximum Gasteiger partial charge on any atom is 0.229 e. The highest BCUT2D eigenvalue weighted by Gasteiger charge is 2.57. The van der Waals surface area contributed by atoms with E-state index in [0.29, 0.717) is 40.7 Å². The minimum atomic E-state index is -1.60. The molecular formula is C19H14O6. The summed E-state index contributed by atoms with van der Waals surface area (Å²) in [5, 5.41) is 21.0. The van der Waals surface area contributed by atoms with Crippen molar-refractivity contribution in [1.82, 2.24) is 0 Å². The Bertz CT molecular complexity index is 1010. The second-order valence-corrected chi connectivity index (χ2v) is 7.08. The van der Waals surface area contributed by atoms with Crippen LogP contribution in [0.25, 0.3) is 0 Å². The highest BCUT2D eigenvalue weighted by molar-refractivity contribution is 6.18. The van der Waals surface area contributed by atoms with Crippen LogP contribution in [0.15, 0.2) is 22.8 Å². The monoisotopic (exact) mass is 338 g/mol. The summed E-state index contributed by atoms with van der Waals surface area (Å²) in [6.07, 6.45) is -1.03. The predicted molar refractivity (Wildman–Crippen MR) is 84.0 cm³/mol. The van der Waals surface area contributed by atoms with Gasteiger partial charge in [0.05, 0.1) is 11.0 Å². The summed E-state index contributed by atoms with van der Waals surface area (Å²) in [5.41, 5.74) is 1.38. The van der Waals surface area contributed by atoms with Gasteiger partial charge >= 0.3 is 0 Å². The first-order chi connectivity index (χ1) is 11.9. The maximum absolute atomic E-state index is 13.0. The fraction of sp³-hybridized carbons (Fsp3) is 0.316. The summed E-state index contributed by atoms with van der Waals surface area (Å²) in [4.78, 5) is 37.4. The number of Topliss-reactive ketones (excluding diaryl/α,β-unsaturated/α-hetero) is 2. The van der Waals surface area contributed by atoms with E-state index in [4.69, 9.17) is 4.42 Å². The third kappa shape index (κ3) is 1.46. The van der Waals surface area contributed by atoms with Crippen LogP contribution in [0.4, 0.5) is 0 Å². The summed E-state index contributed by atoms with van der Waals surface area (Å²) in [6.45, 7) is 1.69. The van der Waals surface area contributed by atoms with Crippen LogP contribution in [-0.2, 0) is 11.8 Å². The van der Waals surface area contributed by atoms with E-state index in [2.05, 4.69) is 0 Å². The summed E-state index contributed by atoms with van der Waals surface area (Å²) in [6, 6.07) is 3.32. The van der Waals surface area contributed by atoms with Crippen molar-refractivity contribution in [3.05, 3.63) is 57.5 Å². The zero-order valence-corrected chi connectivity index (χ0v) is 13.3. The molecule has 3 aliphatic rings. The molecule has 0 spiro atoms. The number of rotatable bonds is 0. The molecule has 0 amide bonds. The normalized spacial score (nSPS) is 29.5. The van der Waals surface area contributed by atoms with Crippen LogP contribution >= 0.6 is 0 Å². The van der Waals surface area contributed by atoms with Crippen molar-refractivity contribution in [3.63, 3.8) is 0 Å². The Kier molecular flexibility index (Phi) is 2.56. The lowest BCUT2D eigenvalue weighted by molar-refractivity contribution is -0.0123. The Balaban J connectivity index is 1.91. The molecule has 5 rings (SSSR count). The number of benzene rings is 1. The Morgan fingerprint density at radius 2 is 1.88 bits per heavy atom. The summed E-state index contributed by atoms with van der Waals surface area (Å²) in [5.74, 6) is -1.03.